The van der Waals surface area contributed by atoms with Crippen molar-refractivity contribution >= 4 is 29.2 Å². The van der Waals surface area contributed by atoms with E-state index in [9.17, 15) is 4.39 Å². The zero-order chi connectivity index (χ0) is 31.1. The third kappa shape index (κ3) is 7.45. The summed E-state index contributed by atoms with van der Waals surface area (Å²) in [6.45, 7) is 4.15. The number of thioether (sulfide) groups is 1. The maximum atomic E-state index is 15.0. The van der Waals surface area contributed by atoms with Gasteiger partial charge in [-0.3, -0.25) is 4.57 Å². The van der Waals surface area contributed by atoms with Crippen LogP contribution >= 0.6 is 23.4 Å². The second-order valence-electron chi connectivity index (χ2n) is 10.0. The largest absolute Gasteiger partial charge is 0.495 e. The molecule has 0 amide bonds. The molecule has 7 nitrogen and oxygen atoms in total. The number of nitriles is 1. The Labute approximate surface area is 257 Å². The van der Waals surface area contributed by atoms with Gasteiger partial charge in [-0.15, -0.1) is 0 Å². The summed E-state index contributed by atoms with van der Waals surface area (Å²) in [7, 11) is 1.54. The number of nitrogens with zero attached hydrogens (tertiary/aromatic N) is 4. The second-order valence-corrected chi connectivity index (χ2v) is 11.4. The van der Waals surface area contributed by atoms with Gasteiger partial charge in [0, 0.05) is 41.0 Å². The lowest BCUT2D eigenvalue weighted by Crippen LogP contribution is -2.23. The number of aromatic nitrogens is 2. The SMILES string of the molecule is COc1cc(C(C)(C)c2cnc(SCc3c(F)cc(OCCCC(N)=NC#N)cc3F)n2-c2ccc(F)cc2)ccc1Cl. The normalized spacial score (nSPS) is 11.8. The number of rotatable bonds is 12. The summed E-state index contributed by atoms with van der Waals surface area (Å²) in [5.41, 5.74) is 7.08. The first-order chi connectivity index (χ1) is 20.5. The molecule has 4 rings (SSSR count). The molecule has 0 aliphatic rings. The predicted octanol–water partition coefficient (Wildman–Crippen LogP) is 7.57. The molecule has 3 aromatic carbocycles. The third-order valence-electron chi connectivity index (χ3n) is 6.83. The Kier molecular flexibility index (Phi) is 10.3. The highest BCUT2D eigenvalue weighted by Crippen LogP contribution is 2.39. The van der Waals surface area contributed by atoms with Gasteiger partial charge < -0.3 is 15.2 Å². The molecular weight excluding hydrogens is 599 g/mol. The average molecular weight is 628 g/mol. The Morgan fingerprint density at radius 3 is 2.47 bits per heavy atom. The predicted molar refractivity (Wildman–Crippen MR) is 162 cm³/mol. The van der Waals surface area contributed by atoms with Crippen molar-refractivity contribution in [1.82, 2.24) is 9.55 Å². The lowest BCUT2D eigenvalue weighted by Gasteiger charge is -2.28. The van der Waals surface area contributed by atoms with Crippen molar-refractivity contribution in [2.75, 3.05) is 13.7 Å². The number of halogens is 4. The van der Waals surface area contributed by atoms with Crippen LogP contribution in [0.3, 0.4) is 0 Å². The summed E-state index contributed by atoms with van der Waals surface area (Å²) in [4.78, 5) is 8.01. The van der Waals surface area contributed by atoms with Crippen molar-refractivity contribution in [2.45, 2.75) is 43.0 Å². The van der Waals surface area contributed by atoms with Crippen molar-refractivity contribution in [3.05, 3.63) is 100 Å². The van der Waals surface area contributed by atoms with Crippen molar-refractivity contribution in [3.63, 3.8) is 0 Å². The quantitative estimate of drug-likeness (QED) is 0.0572. The van der Waals surface area contributed by atoms with E-state index in [0.29, 0.717) is 34.5 Å². The number of aliphatic imine (C=N–C) groups is 1. The molecule has 0 saturated carbocycles. The molecule has 0 radical (unpaired) electrons. The minimum absolute atomic E-state index is 0.0368. The second kappa shape index (κ2) is 13.9. The first-order valence-corrected chi connectivity index (χ1v) is 14.5. The van der Waals surface area contributed by atoms with Crippen LogP contribution < -0.4 is 15.2 Å². The summed E-state index contributed by atoms with van der Waals surface area (Å²) in [5, 5.41) is 9.44. The number of methoxy groups -OCH3 is 1. The molecule has 43 heavy (non-hydrogen) atoms. The molecule has 1 aromatic heterocycles. The number of hydrogen-bond acceptors (Lipinski definition) is 6. The maximum absolute atomic E-state index is 15.0. The van der Waals surface area contributed by atoms with Gasteiger partial charge in [-0.25, -0.2) is 18.2 Å². The molecule has 0 spiro atoms. The van der Waals surface area contributed by atoms with E-state index in [1.54, 1.807) is 30.6 Å². The summed E-state index contributed by atoms with van der Waals surface area (Å²) in [6, 6.07) is 13.7. The van der Waals surface area contributed by atoms with E-state index < -0.39 is 22.9 Å². The minimum atomic E-state index is -0.762. The van der Waals surface area contributed by atoms with Gasteiger partial charge in [0.1, 0.15) is 34.8 Å². The first-order valence-electron chi connectivity index (χ1n) is 13.2. The van der Waals surface area contributed by atoms with Crippen molar-refractivity contribution in [2.24, 2.45) is 10.7 Å². The lowest BCUT2D eigenvalue weighted by molar-refractivity contribution is 0.309. The van der Waals surface area contributed by atoms with Crippen LogP contribution in [0.2, 0.25) is 5.02 Å². The third-order valence-corrected chi connectivity index (χ3v) is 8.12. The average Bonchev–Trinajstić information content (AvgIpc) is 3.40. The molecular formula is C31H29ClF3N5O2S. The molecule has 0 saturated heterocycles. The van der Waals surface area contributed by atoms with Crippen LogP contribution in [0, 0.1) is 28.9 Å². The molecule has 0 fully saturated rings. The monoisotopic (exact) mass is 627 g/mol. The number of amidine groups is 1. The van der Waals surface area contributed by atoms with E-state index in [1.807, 2.05) is 30.5 Å². The molecule has 0 atom stereocenters. The Bertz CT molecular complexity index is 1650. The van der Waals surface area contributed by atoms with Crippen LogP contribution in [0.1, 0.15) is 43.5 Å². The van der Waals surface area contributed by atoms with Crippen LogP contribution in [0.4, 0.5) is 13.2 Å². The van der Waals surface area contributed by atoms with E-state index in [-0.39, 0.29) is 29.5 Å². The van der Waals surface area contributed by atoms with Gasteiger partial charge in [0.2, 0.25) is 6.19 Å². The Balaban J connectivity index is 1.60. The lowest BCUT2D eigenvalue weighted by atomic mass is 9.81. The van der Waals surface area contributed by atoms with Gasteiger partial charge in [-0.1, -0.05) is 43.3 Å². The summed E-state index contributed by atoms with van der Waals surface area (Å²) < 4.78 is 56.6. The highest BCUT2D eigenvalue weighted by Gasteiger charge is 2.30. The first kappa shape index (κ1) is 31.8. The highest BCUT2D eigenvalue weighted by atomic mass is 35.5. The van der Waals surface area contributed by atoms with Crippen molar-refractivity contribution < 1.29 is 22.6 Å². The van der Waals surface area contributed by atoms with Crippen LogP contribution in [-0.2, 0) is 11.2 Å². The topological polar surface area (TPSA) is 98.5 Å². The van der Waals surface area contributed by atoms with Gasteiger partial charge in [0.15, 0.2) is 5.16 Å². The van der Waals surface area contributed by atoms with E-state index in [1.165, 1.54) is 19.2 Å². The molecule has 4 aromatic rings. The standard InChI is InChI=1S/C31H29ClF3N5O2S/c1-31(2,19-6-11-24(32)27(13-19)41-3)28-16-38-30(40(28)21-9-7-20(33)8-10-21)43-17-23-25(34)14-22(15-26(23)35)42-12-4-5-29(37)39-18-36/h6-11,13-16H,4-5,12,17H2,1-3H3,(H2,37,39). The Morgan fingerprint density at radius 2 is 1.81 bits per heavy atom. The molecule has 0 bridgehead atoms. The van der Waals surface area contributed by atoms with E-state index in [4.69, 9.17) is 32.1 Å². The van der Waals surface area contributed by atoms with E-state index >= 15 is 8.78 Å². The van der Waals surface area contributed by atoms with Gasteiger partial charge in [-0.2, -0.15) is 10.3 Å². The van der Waals surface area contributed by atoms with Gasteiger partial charge in [0.25, 0.3) is 0 Å². The summed E-state index contributed by atoms with van der Waals surface area (Å²) in [5.74, 6) is -1.27. The zero-order valence-corrected chi connectivity index (χ0v) is 25.3. The summed E-state index contributed by atoms with van der Waals surface area (Å²) >= 11 is 7.40. The van der Waals surface area contributed by atoms with E-state index in [2.05, 4.69) is 9.98 Å². The molecule has 0 aliphatic carbocycles. The maximum Gasteiger partial charge on any atom is 0.207 e. The fraction of sp³-hybridized carbons (Fsp3) is 0.258. The number of benzene rings is 3. The molecule has 2 N–H and O–H groups in total. The van der Waals surface area contributed by atoms with Crippen LogP contribution in [0.15, 0.2) is 70.9 Å². The zero-order valence-electron chi connectivity index (χ0n) is 23.7. The number of nitrogens with two attached hydrogens (primary N) is 1. The molecule has 12 heteroatoms. The molecule has 224 valence electrons. The fourth-order valence-electron chi connectivity index (χ4n) is 4.41. The smallest absolute Gasteiger partial charge is 0.207 e. The summed E-state index contributed by atoms with van der Waals surface area (Å²) in [6.07, 6.45) is 4.04. The van der Waals surface area contributed by atoms with Crippen LogP contribution in [0.5, 0.6) is 11.5 Å². The number of imidazole rings is 1. The Morgan fingerprint density at radius 1 is 1.12 bits per heavy atom. The van der Waals surface area contributed by atoms with Gasteiger partial charge in [0.05, 0.1) is 30.6 Å². The van der Waals surface area contributed by atoms with Gasteiger partial charge >= 0.3 is 0 Å². The molecule has 0 unspecified atom stereocenters. The minimum Gasteiger partial charge on any atom is -0.495 e. The van der Waals surface area contributed by atoms with E-state index in [0.717, 1.165) is 35.2 Å². The van der Waals surface area contributed by atoms with Crippen molar-refractivity contribution in [1.29, 1.82) is 5.26 Å². The highest BCUT2D eigenvalue weighted by molar-refractivity contribution is 7.98. The van der Waals surface area contributed by atoms with Crippen LogP contribution in [0.25, 0.3) is 5.69 Å². The van der Waals surface area contributed by atoms with Gasteiger partial charge in [-0.05, 0) is 48.4 Å². The molecule has 0 aliphatic heterocycles. The van der Waals surface area contributed by atoms with Crippen molar-refractivity contribution in [3.8, 4) is 23.4 Å². The molecule has 1 heterocycles. The van der Waals surface area contributed by atoms with Crippen LogP contribution in [-0.4, -0.2) is 29.1 Å². The Hall–Kier alpha value is -4.14. The number of hydrogen-bond donors (Lipinski definition) is 1. The fourth-order valence-corrected chi connectivity index (χ4v) is 5.62. The number of ether oxygens (including phenoxy) is 2.